The molecule has 2 aliphatic rings. The molecule has 134 valence electrons. The highest BCUT2D eigenvalue weighted by Gasteiger charge is 2.29. The summed E-state index contributed by atoms with van der Waals surface area (Å²) < 4.78 is 13.1. The number of aromatic nitrogens is 1. The first-order valence-corrected chi connectivity index (χ1v) is 9.90. The predicted octanol–water partition coefficient (Wildman–Crippen LogP) is 2.77. The van der Waals surface area contributed by atoms with Crippen LogP contribution in [0.5, 0.6) is 0 Å². The van der Waals surface area contributed by atoms with Crippen LogP contribution in [0.1, 0.15) is 11.4 Å². The molecule has 0 N–H and O–H groups in total. The van der Waals surface area contributed by atoms with E-state index in [0.29, 0.717) is 6.04 Å². The first-order valence-electron chi connectivity index (χ1n) is 9.03. The van der Waals surface area contributed by atoms with Gasteiger partial charge >= 0.3 is 0 Å². The number of likely N-dealkylation sites (tertiary alicyclic amines) is 1. The number of halogens is 1. The van der Waals surface area contributed by atoms with Gasteiger partial charge in [-0.15, -0.1) is 11.3 Å². The first kappa shape index (κ1) is 17.1. The van der Waals surface area contributed by atoms with Crippen LogP contribution in [0.3, 0.4) is 0 Å². The minimum absolute atomic E-state index is 0.203. The molecule has 1 unspecified atom stereocenters. The van der Waals surface area contributed by atoms with Gasteiger partial charge in [0.25, 0.3) is 0 Å². The zero-order chi connectivity index (χ0) is 17.2. The van der Waals surface area contributed by atoms with E-state index >= 15 is 0 Å². The van der Waals surface area contributed by atoms with Gasteiger partial charge in [0.05, 0.1) is 12.2 Å². The number of thiazole rings is 1. The van der Waals surface area contributed by atoms with E-state index in [4.69, 9.17) is 4.98 Å². The van der Waals surface area contributed by atoms with Gasteiger partial charge in [0, 0.05) is 56.3 Å². The molecule has 4 rings (SSSR count). The molecule has 2 aromatic rings. The lowest BCUT2D eigenvalue weighted by Crippen LogP contribution is -2.49. The van der Waals surface area contributed by atoms with Crippen molar-refractivity contribution in [1.82, 2.24) is 19.7 Å². The van der Waals surface area contributed by atoms with Crippen molar-refractivity contribution in [1.29, 1.82) is 0 Å². The number of piperazine rings is 1. The SMILES string of the molecule is CN1CCN(C2CCN(Cc3nc(-c4ccc(F)cc4)cs3)C2)CC1. The summed E-state index contributed by atoms with van der Waals surface area (Å²) >= 11 is 1.71. The fourth-order valence-corrected chi connectivity index (χ4v) is 4.61. The molecule has 2 fully saturated rings. The van der Waals surface area contributed by atoms with Crippen LogP contribution >= 0.6 is 11.3 Å². The third-order valence-electron chi connectivity index (χ3n) is 5.35. The second kappa shape index (κ2) is 7.50. The Morgan fingerprint density at radius 2 is 1.88 bits per heavy atom. The molecule has 2 aliphatic heterocycles. The molecule has 2 saturated heterocycles. The summed E-state index contributed by atoms with van der Waals surface area (Å²) in [5.41, 5.74) is 1.94. The van der Waals surface area contributed by atoms with Crippen molar-refractivity contribution in [2.24, 2.45) is 0 Å². The highest BCUT2D eigenvalue weighted by atomic mass is 32.1. The number of hydrogen-bond acceptors (Lipinski definition) is 5. The van der Waals surface area contributed by atoms with Gasteiger partial charge in [-0.1, -0.05) is 0 Å². The summed E-state index contributed by atoms with van der Waals surface area (Å²) in [5, 5.41) is 3.23. The average Bonchev–Trinajstić information content (AvgIpc) is 3.27. The van der Waals surface area contributed by atoms with Gasteiger partial charge in [0.15, 0.2) is 0 Å². The molecule has 25 heavy (non-hydrogen) atoms. The number of likely N-dealkylation sites (N-methyl/N-ethyl adjacent to an activating group) is 1. The standard InChI is InChI=1S/C19H25FN4S/c1-22-8-10-24(11-9-22)17-6-7-23(12-17)13-19-21-18(14-25-19)15-2-4-16(20)5-3-15/h2-5,14,17H,6-13H2,1H3. The lowest BCUT2D eigenvalue weighted by Gasteiger charge is -2.36. The van der Waals surface area contributed by atoms with Crippen molar-refractivity contribution in [3.05, 3.63) is 40.5 Å². The van der Waals surface area contributed by atoms with Gasteiger partial charge in [-0.2, -0.15) is 0 Å². The Balaban J connectivity index is 1.33. The summed E-state index contributed by atoms with van der Waals surface area (Å²) in [5.74, 6) is -0.203. The van der Waals surface area contributed by atoms with Crippen molar-refractivity contribution < 1.29 is 4.39 Å². The highest BCUT2D eigenvalue weighted by molar-refractivity contribution is 7.09. The van der Waals surface area contributed by atoms with Crippen LogP contribution in [-0.2, 0) is 6.54 Å². The Hall–Kier alpha value is -1.34. The number of rotatable bonds is 4. The first-order chi connectivity index (χ1) is 12.2. The molecule has 1 aromatic heterocycles. The zero-order valence-corrected chi connectivity index (χ0v) is 15.5. The van der Waals surface area contributed by atoms with E-state index in [0.717, 1.165) is 35.9 Å². The van der Waals surface area contributed by atoms with Crippen LogP contribution in [0.25, 0.3) is 11.3 Å². The lowest BCUT2D eigenvalue weighted by molar-refractivity contribution is 0.112. The van der Waals surface area contributed by atoms with Gasteiger partial charge in [0.1, 0.15) is 10.8 Å². The highest BCUT2D eigenvalue weighted by Crippen LogP contribution is 2.25. The Kier molecular flexibility index (Phi) is 5.12. The molecule has 1 atom stereocenters. The topological polar surface area (TPSA) is 22.6 Å². The smallest absolute Gasteiger partial charge is 0.123 e. The molecule has 6 heteroatoms. The van der Waals surface area contributed by atoms with Crippen LogP contribution in [0.4, 0.5) is 4.39 Å². The van der Waals surface area contributed by atoms with Crippen molar-refractivity contribution in [2.75, 3.05) is 46.3 Å². The molecule has 1 aromatic carbocycles. The average molecular weight is 361 g/mol. The Morgan fingerprint density at radius 1 is 1.12 bits per heavy atom. The fourth-order valence-electron chi connectivity index (χ4n) is 3.77. The summed E-state index contributed by atoms with van der Waals surface area (Å²) in [6.07, 6.45) is 1.26. The van der Waals surface area contributed by atoms with Crippen molar-refractivity contribution in [3.63, 3.8) is 0 Å². The third-order valence-corrected chi connectivity index (χ3v) is 6.19. The molecular formula is C19H25FN4S. The van der Waals surface area contributed by atoms with Crippen molar-refractivity contribution in [2.45, 2.75) is 19.0 Å². The van der Waals surface area contributed by atoms with Gasteiger partial charge in [-0.25, -0.2) is 9.37 Å². The van der Waals surface area contributed by atoms with E-state index in [1.165, 1.54) is 44.7 Å². The number of hydrogen-bond donors (Lipinski definition) is 0. The van der Waals surface area contributed by atoms with E-state index in [2.05, 4.69) is 27.1 Å². The van der Waals surface area contributed by atoms with Crippen LogP contribution in [0, 0.1) is 5.82 Å². The summed E-state index contributed by atoms with van der Waals surface area (Å²) in [6, 6.07) is 7.29. The van der Waals surface area contributed by atoms with Crippen molar-refractivity contribution in [3.8, 4) is 11.3 Å². The molecular weight excluding hydrogens is 335 g/mol. The van der Waals surface area contributed by atoms with E-state index in [1.807, 2.05) is 0 Å². The maximum absolute atomic E-state index is 13.1. The predicted molar refractivity (Wildman–Crippen MR) is 100 cm³/mol. The van der Waals surface area contributed by atoms with Crippen molar-refractivity contribution >= 4 is 11.3 Å². The van der Waals surface area contributed by atoms with Crippen LogP contribution in [0.2, 0.25) is 0 Å². The Labute approximate surface area is 152 Å². The minimum Gasteiger partial charge on any atom is -0.304 e. The van der Waals surface area contributed by atoms with E-state index in [-0.39, 0.29) is 5.82 Å². The third kappa shape index (κ3) is 4.08. The van der Waals surface area contributed by atoms with Gasteiger partial charge in [-0.05, 0) is 37.7 Å². The second-order valence-electron chi connectivity index (χ2n) is 7.15. The van der Waals surface area contributed by atoms with Crippen LogP contribution < -0.4 is 0 Å². The van der Waals surface area contributed by atoms with Crippen LogP contribution in [-0.4, -0.2) is 72.0 Å². The molecule has 0 saturated carbocycles. The van der Waals surface area contributed by atoms with E-state index < -0.39 is 0 Å². The molecule has 0 bridgehead atoms. The number of benzene rings is 1. The maximum atomic E-state index is 13.1. The lowest BCUT2D eigenvalue weighted by atomic mass is 10.2. The second-order valence-corrected chi connectivity index (χ2v) is 8.09. The molecule has 0 aliphatic carbocycles. The summed E-state index contributed by atoms with van der Waals surface area (Å²) in [7, 11) is 2.21. The monoisotopic (exact) mass is 360 g/mol. The van der Waals surface area contributed by atoms with E-state index in [1.54, 1.807) is 23.5 Å². The normalized spacial score (nSPS) is 23.4. The fraction of sp³-hybridized carbons (Fsp3) is 0.526. The number of nitrogens with zero attached hydrogens (tertiary/aromatic N) is 4. The largest absolute Gasteiger partial charge is 0.304 e. The molecule has 0 amide bonds. The molecule has 4 nitrogen and oxygen atoms in total. The van der Waals surface area contributed by atoms with E-state index in [9.17, 15) is 4.39 Å². The molecule has 3 heterocycles. The summed E-state index contributed by atoms with van der Waals surface area (Å²) in [4.78, 5) is 12.4. The summed E-state index contributed by atoms with van der Waals surface area (Å²) in [6.45, 7) is 7.99. The minimum atomic E-state index is -0.203. The maximum Gasteiger partial charge on any atom is 0.123 e. The Bertz CT molecular complexity index is 694. The quantitative estimate of drug-likeness (QED) is 0.836. The van der Waals surface area contributed by atoms with Crippen LogP contribution in [0.15, 0.2) is 29.6 Å². The molecule has 0 radical (unpaired) electrons. The Morgan fingerprint density at radius 3 is 2.64 bits per heavy atom. The van der Waals surface area contributed by atoms with Gasteiger partial charge in [0.2, 0.25) is 0 Å². The van der Waals surface area contributed by atoms with Gasteiger partial charge in [-0.3, -0.25) is 9.80 Å². The molecule has 0 spiro atoms. The zero-order valence-electron chi connectivity index (χ0n) is 14.7. The van der Waals surface area contributed by atoms with Gasteiger partial charge < -0.3 is 4.90 Å².